The second-order valence-corrected chi connectivity index (χ2v) is 10.7. The van der Waals surface area contributed by atoms with Gasteiger partial charge in [0.05, 0.1) is 10.8 Å². The van der Waals surface area contributed by atoms with Gasteiger partial charge in [0.25, 0.3) is 0 Å². The quantitative estimate of drug-likeness (QED) is 0.427. The molecule has 0 N–H and O–H groups in total. The highest BCUT2D eigenvalue weighted by Gasteiger charge is 2.34. The third kappa shape index (κ3) is 5.57. The molecule has 3 rings (SSSR count). The first-order valence-electron chi connectivity index (χ1n) is 10.7. The fourth-order valence-corrected chi connectivity index (χ4v) is 5.37. The normalized spacial score (nSPS) is 16.7. The number of carbonyl (C=O) groups is 2. The van der Waals surface area contributed by atoms with Crippen LogP contribution < -0.4 is 0 Å². The predicted molar refractivity (Wildman–Crippen MR) is 123 cm³/mol. The van der Waals surface area contributed by atoms with E-state index in [0.717, 1.165) is 5.56 Å². The molecule has 1 saturated heterocycles. The number of hydrogen-bond acceptors (Lipinski definition) is 5. The van der Waals surface area contributed by atoms with Gasteiger partial charge in [-0.1, -0.05) is 49.7 Å². The van der Waals surface area contributed by atoms with Crippen LogP contribution in [0.3, 0.4) is 0 Å². The minimum Gasteiger partial charge on any atom is -0.454 e. The summed E-state index contributed by atoms with van der Waals surface area (Å²) in [6, 6.07) is 13.4. The van der Waals surface area contributed by atoms with Crippen LogP contribution in [0.2, 0.25) is 5.02 Å². The van der Waals surface area contributed by atoms with Crippen molar-refractivity contribution in [1.29, 1.82) is 0 Å². The van der Waals surface area contributed by atoms with Gasteiger partial charge in [-0.05, 0) is 55.5 Å². The van der Waals surface area contributed by atoms with Crippen LogP contribution in [-0.4, -0.2) is 43.7 Å². The maximum Gasteiger partial charge on any atom is 0.309 e. The summed E-state index contributed by atoms with van der Waals surface area (Å²) >= 11 is 5.92. The Kier molecular flexibility index (Phi) is 7.75. The third-order valence-electron chi connectivity index (χ3n) is 5.74. The molecule has 0 radical (unpaired) electrons. The second kappa shape index (κ2) is 10.1. The third-order valence-corrected chi connectivity index (χ3v) is 7.89. The van der Waals surface area contributed by atoms with Crippen LogP contribution in [0.1, 0.15) is 55.5 Å². The van der Waals surface area contributed by atoms with Crippen molar-refractivity contribution in [2.24, 2.45) is 5.92 Å². The van der Waals surface area contributed by atoms with Crippen LogP contribution in [-0.2, 0) is 19.6 Å². The average Bonchev–Trinajstić information content (AvgIpc) is 2.78. The highest BCUT2D eigenvalue weighted by atomic mass is 35.5. The Labute approximate surface area is 194 Å². The molecular formula is C24H28ClNO5S. The number of rotatable bonds is 7. The molecule has 1 aliphatic heterocycles. The Bertz CT molecular complexity index is 1070. The van der Waals surface area contributed by atoms with E-state index in [1.165, 1.54) is 17.3 Å². The van der Waals surface area contributed by atoms with Gasteiger partial charge in [0.1, 0.15) is 0 Å². The van der Waals surface area contributed by atoms with Crippen LogP contribution in [0.5, 0.6) is 0 Å². The molecule has 1 heterocycles. The van der Waals surface area contributed by atoms with Crippen LogP contribution in [0.15, 0.2) is 53.4 Å². The number of halogens is 1. The molecule has 0 saturated carbocycles. The van der Waals surface area contributed by atoms with E-state index in [4.69, 9.17) is 16.3 Å². The number of Topliss-reactive ketones (excluding diaryl/α,β-unsaturated/α-hetero) is 1. The zero-order valence-corrected chi connectivity index (χ0v) is 20.0. The molecule has 8 heteroatoms. The second-order valence-electron chi connectivity index (χ2n) is 8.36. The number of hydrogen-bond donors (Lipinski definition) is 0. The van der Waals surface area contributed by atoms with E-state index in [2.05, 4.69) is 13.8 Å². The summed E-state index contributed by atoms with van der Waals surface area (Å²) < 4.78 is 32.7. The van der Waals surface area contributed by atoms with Crippen molar-refractivity contribution in [2.75, 3.05) is 13.1 Å². The standard InChI is InChI=1S/C24H28ClNO5S/c1-16(2)18-7-9-22(10-8-18)32(29,30)26-13-11-19(12-14-26)24(28)31-17(3)23(27)20-5-4-6-21(25)15-20/h4-10,15-17,19H,11-14H2,1-3H3. The van der Waals surface area contributed by atoms with Gasteiger partial charge < -0.3 is 4.74 Å². The van der Waals surface area contributed by atoms with Crippen molar-refractivity contribution < 1.29 is 22.7 Å². The average molecular weight is 478 g/mol. The van der Waals surface area contributed by atoms with Crippen LogP contribution in [0.4, 0.5) is 0 Å². The molecule has 6 nitrogen and oxygen atoms in total. The maximum absolute atomic E-state index is 13.0. The van der Waals surface area contributed by atoms with Crippen LogP contribution in [0, 0.1) is 5.92 Å². The molecular weight excluding hydrogens is 450 g/mol. The molecule has 1 atom stereocenters. The Balaban J connectivity index is 1.57. The Morgan fingerprint density at radius 3 is 2.22 bits per heavy atom. The van der Waals surface area contributed by atoms with Gasteiger partial charge in [-0.25, -0.2) is 8.42 Å². The van der Waals surface area contributed by atoms with E-state index in [1.807, 2.05) is 12.1 Å². The van der Waals surface area contributed by atoms with Gasteiger partial charge >= 0.3 is 5.97 Å². The first-order chi connectivity index (χ1) is 15.1. The molecule has 0 spiro atoms. The zero-order valence-electron chi connectivity index (χ0n) is 18.5. The van der Waals surface area contributed by atoms with E-state index >= 15 is 0 Å². The summed E-state index contributed by atoms with van der Waals surface area (Å²) in [7, 11) is -3.62. The minimum absolute atomic E-state index is 0.227. The maximum atomic E-state index is 13.0. The summed E-state index contributed by atoms with van der Waals surface area (Å²) in [6.07, 6.45) is -0.248. The van der Waals surface area contributed by atoms with E-state index in [9.17, 15) is 18.0 Å². The van der Waals surface area contributed by atoms with Gasteiger partial charge in [0.15, 0.2) is 6.10 Å². The number of benzene rings is 2. The lowest BCUT2D eigenvalue weighted by molar-refractivity contribution is -0.152. The fourth-order valence-electron chi connectivity index (χ4n) is 3.71. The van der Waals surface area contributed by atoms with Crippen LogP contribution >= 0.6 is 11.6 Å². The van der Waals surface area contributed by atoms with Crippen LogP contribution in [0.25, 0.3) is 0 Å². The van der Waals surface area contributed by atoms with Crippen molar-refractivity contribution in [3.05, 3.63) is 64.7 Å². The van der Waals surface area contributed by atoms with Gasteiger partial charge in [-0.15, -0.1) is 0 Å². The summed E-state index contributed by atoms with van der Waals surface area (Å²) in [5.74, 6) is -0.932. The minimum atomic E-state index is -3.62. The van der Waals surface area contributed by atoms with Gasteiger partial charge in [0.2, 0.25) is 15.8 Å². The highest BCUT2D eigenvalue weighted by molar-refractivity contribution is 7.89. The number of nitrogens with zero attached hydrogens (tertiary/aromatic N) is 1. The molecule has 0 aliphatic carbocycles. The molecule has 0 bridgehead atoms. The first-order valence-corrected chi connectivity index (χ1v) is 12.5. The molecule has 1 aliphatic rings. The van der Waals surface area contributed by atoms with Crippen molar-refractivity contribution >= 4 is 33.4 Å². The highest BCUT2D eigenvalue weighted by Crippen LogP contribution is 2.26. The van der Waals surface area contributed by atoms with E-state index < -0.39 is 28.0 Å². The summed E-state index contributed by atoms with van der Waals surface area (Å²) in [4.78, 5) is 25.3. The number of ether oxygens (including phenoxy) is 1. The molecule has 1 fully saturated rings. The molecule has 2 aromatic rings. The largest absolute Gasteiger partial charge is 0.454 e. The lowest BCUT2D eigenvalue weighted by Crippen LogP contribution is -2.41. The number of carbonyl (C=O) groups excluding carboxylic acids is 2. The molecule has 1 unspecified atom stereocenters. The summed E-state index contributed by atoms with van der Waals surface area (Å²) in [5, 5.41) is 0.432. The summed E-state index contributed by atoms with van der Waals surface area (Å²) in [5.41, 5.74) is 1.45. The van der Waals surface area contributed by atoms with Gasteiger partial charge in [0, 0.05) is 23.7 Å². The van der Waals surface area contributed by atoms with Gasteiger partial charge in [-0.3, -0.25) is 9.59 Å². The lowest BCUT2D eigenvalue weighted by Gasteiger charge is -2.30. The Morgan fingerprint density at radius 1 is 1.03 bits per heavy atom. The van der Waals surface area contributed by atoms with Crippen molar-refractivity contribution in [3.63, 3.8) is 0 Å². The summed E-state index contributed by atoms with van der Waals surface area (Å²) in [6.45, 7) is 6.09. The topological polar surface area (TPSA) is 80.8 Å². The zero-order chi connectivity index (χ0) is 23.5. The number of piperidine rings is 1. The van der Waals surface area contributed by atoms with E-state index in [-0.39, 0.29) is 23.8 Å². The smallest absolute Gasteiger partial charge is 0.309 e. The van der Waals surface area contributed by atoms with Crippen molar-refractivity contribution in [2.45, 2.75) is 50.5 Å². The molecule has 0 amide bonds. The van der Waals surface area contributed by atoms with Crippen molar-refractivity contribution in [3.8, 4) is 0 Å². The number of esters is 1. The fraction of sp³-hybridized carbons (Fsp3) is 0.417. The predicted octanol–water partition coefficient (Wildman–Crippen LogP) is 4.68. The van der Waals surface area contributed by atoms with Gasteiger partial charge in [-0.2, -0.15) is 4.31 Å². The Hall–Kier alpha value is -2.22. The molecule has 2 aromatic carbocycles. The van der Waals surface area contributed by atoms with E-state index in [0.29, 0.717) is 29.3 Å². The van der Waals surface area contributed by atoms with Crippen molar-refractivity contribution in [1.82, 2.24) is 4.31 Å². The molecule has 0 aromatic heterocycles. The SMILES string of the molecule is CC(OC(=O)C1CCN(S(=O)(=O)c2ccc(C(C)C)cc2)CC1)C(=O)c1cccc(Cl)c1. The first kappa shape index (κ1) is 24.4. The van der Waals surface area contributed by atoms with E-state index in [1.54, 1.807) is 30.3 Å². The number of ketones is 1. The number of sulfonamides is 1. The monoisotopic (exact) mass is 477 g/mol. The molecule has 32 heavy (non-hydrogen) atoms. The Morgan fingerprint density at radius 2 is 1.66 bits per heavy atom. The lowest BCUT2D eigenvalue weighted by atomic mass is 9.98. The molecule has 172 valence electrons.